The predicted octanol–water partition coefficient (Wildman–Crippen LogP) is -2.93. The molecular formula is C19H16N7O6-3. The Labute approximate surface area is 180 Å². The Morgan fingerprint density at radius 1 is 1.06 bits per heavy atom. The Bertz CT molecular complexity index is 1170. The van der Waals surface area contributed by atoms with Crippen molar-refractivity contribution >= 4 is 40.6 Å². The summed E-state index contributed by atoms with van der Waals surface area (Å²) < 4.78 is 0. The van der Waals surface area contributed by atoms with E-state index in [9.17, 15) is 29.7 Å². The number of nitrogens with two attached hydrogens (primary N) is 1. The molecule has 3 rings (SSSR count). The van der Waals surface area contributed by atoms with E-state index in [1.807, 2.05) is 0 Å². The molecule has 2 aromatic heterocycles. The van der Waals surface area contributed by atoms with Gasteiger partial charge in [-0.3, -0.25) is 4.79 Å². The van der Waals surface area contributed by atoms with Crippen molar-refractivity contribution in [3.05, 3.63) is 41.7 Å². The van der Waals surface area contributed by atoms with Gasteiger partial charge in [-0.1, -0.05) is 0 Å². The molecular weight excluding hydrogens is 422 g/mol. The first-order valence-corrected chi connectivity index (χ1v) is 9.24. The number of carbonyl (C=O) groups excluding carboxylic acids is 3. The lowest BCUT2D eigenvalue weighted by Gasteiger charge is -2.20. The molecule has 32 heavy (non-hydrogen) atoms. The molecule has 2 heterocycles. The minimum Gasteiger partial charge on any atom is -0.857 e. The number of benzene rings is 1. The minimum absolute atomic E-state index is 0.00771. The fourth-order valence-corrected chi connectivity index (χ4v) is 2.71. The number of carboxylic acids is 2. The Morgan fingerprint density at radius 2 is 1.78 bits per heavy atom. The molecule has 0 aliphatic carbocycles. The number of fused-ring (bicyclic) bond motifs is 1. The molecule has 13 heteroatoms. The molecule has 0 fully saturated rings. The van der Waals surface area contributed by atoms with Gasteiger partial charge < -0.3 is 41.3 Å². The highest BCUT2D eigenvalue weighted by molar-refractivity contribution is 5.96. The van der Waals surface area contributed by atoms with Crippen molar-refractivity contribution in [3.8, 4) is 5.88 Å². The highest BCUT2D eigenvalue weighted by Gasteiger charge is 2.15. The Kier molecular flexibility index (Phi) is 6.58. The zero-order valence-corrected chi connectivity index (χ0v) is 16.4. The first-order chi connectivity index (χ1) is 15.2. The molecule has 1 amide bonds. The second-order valence-corrected chi connectivity index (χ2v) is 6.61. The number of hydrogen-bond donors (Lipinski definition) is 3. The van der Waals surface area contributed by atoms with Gasteiger partial charge in [-0.15, -0.1) is 0 Å². The van der Waals surface area contributed by atoms with E-state index >= 15 is 0 Å². The number of nitrogens with zero attached hydrogens (tertiary/aromatic N) is 4. The summed E-state index contributed by atoms with van der Waals surface area (Å²) in [6.07, 6.45) is 0.536. The monoisotopic (exact) mass is 438 g/mol. The maximum atomic E-state index is 12.2. The smallest absolute Gasteiger partial charge is 0.251 e. The Hall–Kier alpha value is -4.55. The summed E-state index contributed by atoms with van der Waals surface area (Å²) in [7, 11) is 0. The lowest BCUT2D eigenvalue weighted by Crippen LogP contribution is -2.48. The van der Waals surface area contributed by atoms with Crippen LogP contribution in [0.2, 0.25) is 0 Å². The van der Waals surface area contributed by atoms with Gasteiger partial charge in [0.15, 0.2) is 5.65 Å². The van der Waals surface area contributed by atoms with E-state index < -0.39 is 36.2 Å². The standard InChI is InChI=1S/C19H19N7O6/c20-19-25-15-14(17(30)26-19)23-11(8-22-15)7-21-10-3-1-9(2-4-10)16(29)24-12(18(31)32)5-6-13(27)28/h1-4,8,12,21H,5-7H2,(H,24,29)(H,27,28)(H,31,32)(H3,20,22,25,26,30)/p-3/t12-/m0/s1. The van der Waals surface area contributed by atoms with Gasteiger partial charge in [-0.25, -0.2) is 15.0 Å². The van der Waals surface area contributed by atoms with Crippen LogP contribution in [0.1, 0.15) is 28.9 Å². The molecule has 13 nitrogen and oxygen atoms in total. The largest absolute Gasteiger partial charge is 0.857 e. The average molecular weight is 438 g/mol. The molecule has 166 valence electrons. The molecule has 0 aliphatic heterocycles. The van der Waals surface area contributed by atoms with Crippen LogP contribution < -0.4 is 31.7 Å². The highest BCUT2D eigenvalue weighted by Crippen LogP contribution is 2.17. The van der Waals surface area contributed by atoms with Gasteiger partial charge in [0.1, 0.15) is 5.52 Å². The van der Waals surface area contributed by atoms with E-state index in [1.165, 1.54) is 18.3 Å². The Balaban J connectivity index is 1.62. The molecule has 0 aliphatic rings. The van der Waals surface area contributed by atoms with Crippen LogP contribution in [0.3, 0.4) is 0 Å². The fraction of sp³-hybridized carbons (Fsp3) is 0.211. The summed E-state index contributed by atoms with van der Waals surface area (Å²) in [5.74, 6) is -4.54. The van der Waals surface area contributed by atoms with Crippen molar-refractivity contribution in [2.45, 2.75) is 25.4 Å². The summed E-state index contributed by atoms with van der Waals surface area (Å²) in [6, 6.07) is 4.57. The van der Waals surface area contributed by atoms with Gasteiger partial charge in [-0.2, -0.15) is 4.98 Å². The topological polar surface area (TPSA) is 222 Å². The average Bonchev–Trinajstić information content (AvgIpc) is 2.75. The van der Waals surface area contributed by atoms with Gasteiger partial charge >= 0.3 is 0 Å². The third kappa shape index (κ3) is 5.53. The van der Waals surface area contributed by atoms with E-state index in [0.29, 0.717) is 11.4 Å². The van der Waals surface area contributed by atoms with Crippen molar-refractivity contribution in [3.63, 3.8) is 0 Å². The summed E-state index contributed by atoms with van der Waals surface area (Å²) in [5.41, 5.74) is 6.70. The predicted molar refractivity (Wildman–Crippen MR) is 103 cm³/mol. The minimum atomic E-state index is -1.59. The molecule has 3 aromatic rings. The van der Waals surface area contributed by atoms with E-state index in [-0.39, 0.29) is 35.6 Å². The number of amides is 1. The van der Waals surface area contributed by atoms with Crippen LogP contribution in [0.4, 0.5) is 11.6 Å². The Morgan fingerprint density at radius 3 is 2.44 bits per heavy atom. The van der Waals surface area contributed by atoms with Gasteiger partial charge in [-0.05, 0) is 37.1 Å². The van der Waals surface area contributed by atoms with Gasteiger partial charge in [0.2, 0.25) is 5.95 Å². The first kappa shape index (κ1) is 22.1. The molecule has 0 spiro atoms. The van der Waals surface area contributed by atoms with E-state index in [0.717, 1.165) is 0 Å². The lowest BCUT2D eigenvalue weighted by molar-refractivity contribution is -0.309. The van der Waals surface area contributed by atoms with Crippen molar-refractivity contribution in [2.75, 3.05) is 11.1 Å². The van der Waals surface area contributed by atoms with Gasteiger partial charge in [0, 0.05) is 23.1 Å². The normalized spacial score (nSPS) is 11.6. The summed E-state index contributed by atoms with van der Waals surface area (Å²) in [4.78, 5) is 49.4. The van der Waals surface area contributed by atoms with Crippen molar-refractivity contribution < 1.29 is 29.7 Å². The van der Waals surface area contributed by atoms with Crippen LogP contribution >= 0.6 is 0 Å². The quantitative estimate of drug-likeness (QED) is 0.305. The maximum absolute atomic E-state index is 12.2. The molecule has 4 N–H and O–H groups in total. The molecule has 1 aromatic carbocycles. The number of aliphatic carboxylic acids is 2. The summed E-state index contributed by atoms with van der Waals surface area (Å²) in [5, 5.41) is 38.7. The van der Waals surface area contributed by atoms with E-state index in [2.05, 4.69) is 30.6 Å². The van der Waals surface area contributed by atoms with Crippen molar-refractivity contribution in [2.24, 2.45) is 0 Å². The van der Waals surface area contributed by atoms with Crippen molar-refractivity contribution in [1.29, 1.82) is 0 Å². The zero-order valence-electron chi connectivity index (χ0n) is 16.4. The molecule has 0 unspecified atom stereocenters. The molecule has 0 radical (unpaired) electrons. The fourth-order valence-electron chi connectivity index (χ4n) is 2.71. The van der Waals surface area contributed by atoms with Crippen LogP contribution in [0.5, 0.6) is 5.88 Å². The van der Waals surface area contributed by atoms with Crippen LogP contribution in [0.15, 0.2) is 30.5 Å². The van der Waals surface area contributed by atoms with E-state index in [1.54, 1.807) is 12.1 Å². The molecule has 0 saturated heterocycles. The second kappa shape index (κ2) is 9.51. The third-order valence-electron chi connectivity index (χ3n) is 4.29. The van der Waals surface area contributed by atoms with Crippen LogP contribution in [-0.4, -0.2) is 43.8 Å². The van der Waals surface area contributed by atoms with Gasteiger partial charge in [0.25, 0.3) is 5.91 Å². The number of aromatic nitrogens is 4. The second-order valence-electron chi connectivity index (χ2n) is 6.61. The maximum Gasteiger partial charge on any atom is 0.251 e. The number of carbonyl (C=O) groups is 3. The van der Waals surface area contributed by atoms with Crippen LogP contribution in [0, 0.1) is 0 Å². The summed E-state index contributed by atoms with van der Waals surface area (Å²) >= 11 is 0. The third-order valence-corrected chi connectivity index (χ3v) is 4.29. The number of hydrogen-bond acceptors (Lipinski definition) is 12. The number of nitrogen functional groups attached to an aromatic ring is 1. The zero-order chi connectivity index (χ0) is 23.3. The number of anilines is 2. The van der Waals surface area contributed by atoms with Crippen molar-refractivity contribution in [1.82, 2.24) is 25.3 Å². The lowest BCUT2D eigenvalue weighted by atomic mass is 10.1. The molecule has 0 bridgehead atoms. The highest BCUT2D eigenvalue weighted by atomic mass is 16.4. The molecule has 0 saturated carbocycles. The summed E-state index contributed by atoms with van der Waals surface area (Å²) in [6.45, 7) is 0.203. The van der Waals surface area contributed by atoms with Crippen LogP contribution in [0.25, 0.3) is 11.2 Å². The number of rotatable bonds is 9. The SMILES string of the molecule is Nc1nc([O-])c2nc(CNc3ccc(C(=O)N[C@@H](CCC(=O)[O-])C(=O)[O-])cc3)cnc2n1. The molecule has 1 atom stereocenters. The number of carboxylic acid groups (broad SMARTS) is 2. The first-order valence-electron chi connectivity index (χ1n) is 9.24. The van der Waals surface area contributed by atoms with E-state index in [4.69, 9.17) is 5.73 Å². The van der Waals surface area contributed by atoms with Gasteiger partial charge in [0.05, 0.1) is 30.4 Å². The van der Waals surface area contributed by atoms with Crippen LogP contribution in [-0.2, 0) is 16.1 Å². The number of nitrogens with one attached hydrogen (secondary N) is 2.